The van der Waals surface area contributed by atoms with E-state index in [0.717, 1.165) is 38.5 Å². The number of aliphatic hydroxyl groups excluding tert-OH is 5. The van der Waals surface area contributed by atoms with E-state index in [1.54, 1.807) is 6.08 Å². The molecule has 7 unspecified atom stereocenters. The second-order valence-electron chi connectivity index (χ2n) is 22.9. The van der Waals surface area contributed by atoms with Crippen molar-refractivity contribution in [3.63, 3.8) is 0 Å². The predicted octanol–water partition coefficient (Wildman–Crippen LogP) is 16.7. The fourth-order valence-electron chi connectivity index (χ4n) is 10.8. The number of unbranched alkanes of at least 4 members (excludes halogenated alkanes) is 47. The third-order valence-corrected chi connectivity index (χ3v) is 15.9. The number of rotatable bonds is 57. The first-order chi connectivity index (χ1) is 35.8. The Hall–Kier alpha value is -1.07. The SMILES string of the molecule is CCCCCCCCCCCCCCCCCCCCCCCCCCCCCCC/C=C/C(O)C(COC1OC(CO)C(O)C(O)C1O)NC(=O)CCCCCCCCCCCCCCCCCCCCC. The molecule has 9 nitrogen and oxygen atoms in total. The summed E-state index contributed by atoms with van der Waals surface area (Å²) in [7, 11) is 0. The number of carbonyl (C=O) groups is 1. The zero-order valence-electron chi connectivity index (χ0n) is 48.4. The van der Waals surface area contributed by atoms with E-state index in [-0.39, 0.29) is 12.5 Å². The summed E-state index contributed by atoms with van der Waals surface area (Å²) in [5.74, 6) is -0.169. The smallest absolute Gasteiger partial charge is 0.220 e. The van der Waals surface area contributed by atoms with Gasteiger partial charge in [-0.2, -0.15) is 0 Å². The number of nitrogens with one attached hydrogen (secondary N) is 1. The maximum atomic E-state index is 13.1. The molecule has 0 aromatic carbocycles. The number of amides is 1. The fraction of sp³-hybridized carbons (Fsp3) is 0.953. The normalized spacial score (nSPS) is 19.0. The molecule has 1 rings (SSSR count). The highest BCUT2D eigenvalue weighted by molar-refractivity contribution is 5.76. The van der Waals surface area contributed by atoms with Crippen molar-refractivity contribution in [2.75, 3.05) is 13.2 Å². The molecule has 0 spiro atoms. The molecule has 6 N–H and O–H groups in total. The molecule has 434 valence electrons. The zero-order chi connectivity index (χ0) is 52.9. The van der Waals surface area contributed by atoms with E-state index >= 15 is 0 Å². The third-order valence-electron chi connectivity index (χ3n) is 15.9. The minimum atomic E-state index is -1.56. The van der Waals surface area contributed by atoms with Crippen molar-refractivity contribution in [2.45, 2.75) is 378 Å². The molecule has 0 radical (unpaired) electrons. The number of hydrogen-bond donors (Lipinski definition) is 6. The van der Waals surface area contributed by atoms with Crippen molar-refractivity contribution >= 4 is 5.91 Å². The molecule has 7 atom stereocenters. The molecule has 1 heterocycles. The molecule has 1 saturated heterocycles. The molecule has 0 aromatic heterocycles. The number of hydrogen-bond acceptors (Lipinski definition) is 8. The lowest BCUT2D eigenvalue weighted by Crippen LogP contribution is -2.60. The van der Waals surface area contributed by atoms with Crippen LogP contribution in [0.4, 0.5) is 0 Å². The maximum Gasteiger partial charge on any atom is 0.220 e. The molecule has 1 fully saturated rings. The van der Waals surface area contributed by atoms with Crippen molar-refractivity contribution in [2.24, 2.45) is 0 Å². The minimum Gasteiger partial charge on any atom is -0.394 e. The van der Waals surface area contributed by atoms with Gasteiger partial charge in [-0.25, -0.2) is 0 Å². The van der Waals surface area contributed by atoms with Gasteiger partial charge in [-0.05, 0) is 19.3 Å². The van der Waals surface area contributed by atoms with Crippen LogP contribution < -0.4 is 5.32 Å². The number of ether oxygens (including phenoxy) is 2. The van der Waals surface area contributed by atoms with Gasteiger partial charge in [0, 0.05) is 6.42 Å². The van der Waals surface area contributed by atoms with Gasteiger partial charge in [-0.15, -0.1) is 0 Å². The van der Waals surface area contributed by atoms with Gasteiger partial charge in [0.1, 0.15) is 24.4 Å². The number of aliphatic hydroxyl groups is 5. The van der Waals surface area contributed by atoms with E-state index in [4.69, 9.17) is 9.47 Å². The second kappa shape index (κ2) is 54.3. The highest BCUT2D eigenvalue weighted by atomic mass is 16.7. The third kappa shape index (κ3) is 43.6. The van der Waals surface area contributed by atoms with Crippen molar-refractivity contribution < 1.29 is 39.8 Å². The van der Waals surface area contributed by atoms with Crippen LogP contribution in [-0.4, -0.2) is 87.5 Å². The van der Waals surface area contributed by atoms with E-state index in [9.17, 15) is 30.3 Å². The molecular formula is C64H125NO8. The largest absolute Gasteiger partial charge is 0.394 e. The monoisotopic (exact) mass is 1040 g/mol. The summed E-state index contributed by atoms with van der Waals surface area (Å²) in [5.41, 5.74) is 0. The van der Waals surface area contributed by atoms with Crippen molar-refractivity contribution in [3.05, 3.63) is 12.2 Å². The van der Waals surface area contributed by atoms with Gasteiger partial charge in [0.2, 0.25) is 5.91 Å². The predicted molar refractivity (Wildman–Crippen MR) is 309 cm³/mol. The number of allylic oxidation sites excluding steroid dienone is 1. The van der Waals surface area contributed by atoms with Crippen LogP contribution in [0.25, 0.3) is 0 Å². The van der Waals surface area contributed by atoms with Gasteiger partial charge in [0.15, 0.2) is 6.29 Å². The van der Waals surface area contributed by atoms with Gasteiger partial charge in [0.05, 0.1) is 25.4 Å². The summed E-state index contributed by atoms with van der Waals surface area (Å²) < 4.78 is 11.3. The van der Waals surface area contributed by atoms with Crippen LogP contribution in [0.5, 0.6) is 0 Å². The van der Waals surface area contributed by atoms with Crippen LogP contribution in [-0.2, 0) is 14.3 Å². The van der Waals surface area contributed by atoms with Crippen LogP contribution in [0.2, 0.25) is 0 Å². The molecule has 1 amide bonds. The highest BCUT2D eigenvalue weighted by Gasteiger charge is 2.44. The van der Waals surface area contributed by atoms with E-state index in [1.165, 1.54) is 276 Å². The van der Waals surface area contributed by atoms with Crippen LogP contribution >= 0.6 is 0 Å². The molecule has 1 aliphatic heterocycles. The summed E-state index contributed by atoms with van der Waals surface area (Å²) in [6.07, 6.45) is 61.6. The average molecular weight is 1040 g/mol. The summed E-state index contributed by atoms with van der Waals surface area (Å²) in [6.45, 7) is 3.83. The van der Waals surface area contributed by atoms with Crippen LogP contribution in [0, 0.1) is 0 Å². The summed E-state index contributed by atoms with van der Waals surface area (Å²) in [6, 6.07) is -0.801. The lowest BCUT2D eigenvalue weighted by molar-refractivity contribution is -0.302. The Kier molecular flexibility index (Phi) is 52.0. The number of carbonyl (C=O) groups excluding carboxylic acids is 1. The van der Waals surface area contributed by atoms with Crippen molar-refractivity contribution in [1.82, 2.24) is 5.32 Å². The molecule has 73 heavy (non-hydrogen) atoms. The van der Waals surface area contributed by atoms with Gasteiger partial charge in [-0.3, -0.25) is 4.79 Å². The second-order valence-corrected chi connectivity index (χ2v) is 22.9. The first kappa shape index (κ1) is 69.9. The maximum absolute atomic E-state index is 13.1. The lowest BCUT2D eigenvalue weighted by atomic mass is 9.99. The Morgan fingerprint density at radius 2 is 0.753 bits per heavy atom. The Labute approximate surface area is 452 Å². The molecule has 0 aromatic rings. The molecule has 0 saturated carbocycles. The van der Waals surface area contributed by atoms with Crippen LogP contribution in [0.3, 0.4) is 0 Å². The fourth-order valence-corrected chi connectivity index (χ4v) is 10.8. The standard InChI is InChI=1S/C64H125NO8/c1-3-5-7-9-11-13-15-17-19-21-23-24-25-26-27-28-29-30-31-32-33-34-36-37-39-41-43-45-47-49-51-53-58(67)57(56-72-64-63(71)62(70)61(69)59(55-66)73-64)65-60(68)54-52-50-48-46-44-42-40-38-35-22-20-18-16-14-12-10-8-6-4-2/h51,53,57-59,61-64,66-67,69-71H,3-50,52,54-56H2,1-2H3,(H,65,68)/b53-51+. The van der Waals surface area contributed by atoms with Crippen LogP contribution in [0.1, 0.15) is 335 Å². The first-order valence-corrected chi connectivity index (χ1v) is 32.4. The summed E-state index contributed by atoms with van der Waals surface area (Å²) in [4.78, 5) is 13.1. The Bertz CT molecular complexity index is 1150. The van der Waals surface area contributed by atoms with Crippen molar-refractivity contribution in [1.29, 1.82) is 0 Å². The molecule has 9 heteroatoms. The quantitative estimate of drug-likeness (QED) is 0.0261. The van der Waals surface area contributed by atoms with E-state index in [0.29, 0.717) is 6.42 Å². The molecule has 0 aliphatic carbocycles. The van der Waals surface area contributed by atoms with E-state index in [2.05, 4.69) is 19.2 Å². The minimum absolute atomic E-state index is 0.169. The van der Waals surface area contributed by atoms with Crippen LogP contribution in [0.15, 0.2) is 12.2 Å². The zero-order valence-corrected chi connectivity index (χ0v) is 48.4. The topological polar surface area (TPSA) is 149 Å². The van der Waals surface area contributed by atoms with E-state index in [1.807, 2.05) is 6.08 Å². The van der Waals surface area contributed by atoms with Gasteiger partial charge in [-0.1, -0.05) is 321 Å². The lowest BCUT2D eigenvalue weighted by Gasteiger charge is -2.40. The summed E-state index contributed by atoms with van der Waals surface area (Å²) >= 11 is 0. The van der Waals surface area contributed by atoms with Gasteiger partial charge in [0.25, 0.3) is 0 Å². The molecule has 0 bridgehead atoms. The summed E-state index contributed by atoms with van der Waals surface area (Å²) in [5, 5.41) is 54.6. The average Bonchev–Trinajstić information content (AvgIpc) is 3.39. The van der Waals surface area contributed by atoms with Gasteiger partial charge >= 0.3 is 0 Å². The molecule has 1 aliphatic rings. The Morgan fingerprint density at radius 1 is 0.452 bits per heavy atom. The first-order valence-electron chi connectivity index (χ1n) is 32.4. The van der Waals surface area contributed by atoms with E-state index < -0.39 is 49.5 Å². The molecular weight excluding hydrogens is 911 g/mol. The highest BCUT2D eigenvalue weighted by Crippen LogP contribution is 2.23. The Morgan fingerprint density at radius 3 is 1.07 bits per heavy atom. The Balaban J connectivity index is 2.14. The van der Waals surface area contributed by atoms with Gasteiger partial charge < -0.3 is 40.3 Å². The van der Waals surface area contributed by atoms with Crippen molar-refractivity contribution in [3.8, 4) is 0 Å².